The first-order chi connectivity index (χ1) is 9.90. The second-order valence-electron chi connectivity index (χ2n) is 5.34. The number of nitrogens with zero attached hydrogens (tertiary/aromatic N) is 1. The Morgan fingerprint density at radius 1 is 1.38 bits per heavy atom. The van der Waals surface area contributed by atoms with Gasteiger partial charge in [-0.25, -0.2) is 0 Å². The Morgan fingerprint density at radius 2 is 2.10 bits per heavy atom. The van der Waals surface area contributed by atoms with Gasteiger partial charge in [-0.2, -0.15) is 0 Å². The van der Waals surface area contributed by atoms with Crippen molar-refractivity contribution in [2.75, 3.05) is 6.54 Å². The predicted octanol–water partition coefficient (Wildman–Crippen LogP) is -1.33. The molecule has 0 aromatic carbocycles. The molecule has 3 N–H and O–H groups in total. The van der Waals surface area contributed by atoms with E-state index in [2.05, 4.69) is 5.32 Å². The average molecular weight is 297 g/mol. The number of nitrogens with one attached hydrogen (secondary N) is 1. The van der Waals surface area contributed by atoms with E-state index in [0.717, 1.165) is 0 Å². The molecule has 2 rings (SSSR count). The van der Waals surface area contributed by atoms with Crippen molar-refractivity contribution >= 4 is 23.7 Å². The number of ether oxygens (including phenoxy) is 1. The Labute approximate surface area is 122 Å². The Balaban J connectivity index is 1.91. The predicted molar refractivity (Wildman–Crippen MR) is 70.6 cm³/mol. The number of rotatable bonds is 4. The van der Waals surface area contributed by atoms with Crippen molar-refractivity contribution < 1.29 is 23.9 Å². The maximum Gasteiger partial charge on any atom is 0.306 e. The number of carbonyl (C=O) groups is 4. The highest BCUT2D eigenvalue weighted by atomic mass is 16.6. The first kappa shape index (κ1) is 15.3. The minimum absolute atomic E-state index is 0.205. The van der Waals surface area contributed by atoms with Crippen LogP contribution in [0.1, 0.15) is 32.6 Å². The second-order valence-corrected chi connectivity index (χ2v) is 5.34. The molecule has 0 bridgehead atoms. The van der Waals surface area contributed by atoms with E-state index in [0.29, 0.717) is 25.8 Å². The zero-order valence-electron chi connectivity index (χ0n) is 11.8. The number of amides is 3. The number of esters is 1. The number of likely N-dealkylation sites (tertiary alicyclic amines) is 1. The van der Waals surface area contributed by atoms with Gasteiger partial charge < -0.3 is 20.7 Å². The number of primary amides is 1. The molecule has 0 spiro atoms. The zero-order valence-corrected chi connectivity index (χ0v) is 11.8. The van der Waals surface area contributed by atoms with E-state index in [1.165, 1.54) is 11.8 Å². The molecule has 2 heterocycles. The third-order valence-corrected chi connectivity index (χ3v) is 3.77. The molecule has 0 aliphatic carbocycles. The van der Waals surface area contributed by atoms with Crippen LogP contribution >= 0.6 is 0 Å². The van der Waals surface area contributed by atoms with Gasteiger partial charge in [0, 0.05) is 19.4 Å². The highest BCUT2D eigenvalue weighted by Gasteiger charge is 2.36. The lowest BCUT2D eigenvalue weighted by atomic mass is 10.2. The molecule has 2 aliphatic heterocycles. The van der Waals surface area contributed by atoms with Gasteiger partial charge >= 0.3 is 5.97 Å². The average Bonchev–Trinajstić information content (AvgIpc) is 3.05. The summed E-state index contributed by atoms with van der Waals surface area (Å²) in [4.78, 5) is 47.8. The summed E-state index contributed by atoms with van der Waals surface area (Å²) in [5.74, 6) is -1.79. The van der Waals surface area contributed by atoms with E-state index in [1.54, 1.807) is 0 Å². The van der Waals surface area contributed by atoms with Crippen molar-refractivity contribution in [3.8, 4) is 0 Å². The van der Waals surface area contributed by atoms with Crippen LogP contribution < -0.4 is 11.1 Å². The minimum Gasteiger partial charge on any atom is -0.452 e. The topological polar surface area (TPSA) is 119 Å². The van der Waals surface area contributed by atoms with Crippen LogP contribution in [0.15, 0.2) is 0 Å². The summed E-state index contributed by atoms with van der Waals surface area (Å²) in [5.41, 5.74) is 5.26. The van der Waals surface area contributed by atoms with Gasteiger partial charge in [0.2, 0.25) is 11.8 Å². The van der Waals surface area contributed by atoms with E-state index >= 15 is 0 Å². The fourth-order valence-corrected chi connectivity index (χ4v) is 2.65. The SMILES string of the molecule is CC(NC(=O)C1CCC(=O)O1)C(=O)N1CCCC1C(N)=O. The molecule has 2 fully saturated rings. The second kappa shape index (κ2) is 6.11. The highest BCUT2D eigenvalue weighted by Crippen LogP contribution is 2.18. The molecule has 21 heavy (non-hydrogen) atoms. The first-order valence-corrected chi connectivity index (χ1v) is 7.00. The molecule has 0 saturated carbocycles. The number of hydrogen-bond donors (Lipinski definition) is 2. The monoisotopic (exact) mass is 297 g/mol. The van der Waals surface area contributed by atoms with E-state index in [4.69, 9.17) is 10.5 Å². The van der Waals surface area contributed by atoms with Crippen LogP contribution in [-0.2, 0) is 23.9 Å². The summed E-state index contributed by atoms with van der Waals surface area (Å²) in [5, 5.41) is 2.52. The Bertz CT molecular complexity index is 478. The molecule has 0 aromatic rings. The zero-order chi connectivity index (χ0) is 15.6. The molecule has 116 valence electrons. The number of hydrogen-bond acceptors (Lipinski definition) is 5. The van der Waals surface area contributed by atoms with Crippen LogP contribution in [0.2, 0.25) is 0 Å². The van der Waals surface area contributed by atoms with E-state index in [9.17, 15) is 19.2 Å². The molecule has 8 heteroatoms. The summed E-state index contributed by atoms with van der Waals surface area (Å²) < 4.78 is 4.84. The molecule has 2 aliphatic rings. The lowest BCUT2D eigenvalue weighted by molar-refractivity contribution is -0.149. The Kier molecular flexibility index (Phi) is 4.44. The normalized spacial score (nSPS) is 26.3. The van der Waals surface area contributed by atoms with Gasteiger partial charge in [0.05, 0.1) is 0 Å². The summed E-state index contributed by atoms with van der Waals surface area (Å²) in [7, 11) is 0. The smallest absolute Gasteiger partial charge is 0.306 e. The molecule has 0 aromatic heterocycles. The minimum atomic E-state index is -0.835. The number of cyclic esters (lactones) is 1. The van der Waals surface area contributed by atoms with Crippen LogP contribution in [0.3, 0.4) is 0 Å². The highest BCUT2D eigenvalue weighted by molar-refractivity contribution is 5.93. The molecule has 2 saturated heterocycles. The third-order valence-electron chi connectivity index (χ3n) is 3.77. The molecule has 8 nitrogen and oxygen atoms in total. The van der Waals surface area contributed by atoms with Gasteiger partial charge in [0.1, 0.15) is 12.1 Å². The van der Waals surface area contributed by atoms with Gasteiger partial charge in [-0.15, -0.1) is 0 Å². The van der Waals surface area contributed by atoms with Crippen molar-refractivity contribution in [3.63, 3.8) is 0 Å². The number of nitrogens with two attached hydrogens (primary N) is 1. The summed E-state index contributed by atoms with van der Waals surface area (Å²) in [6.07, 6.45) is 0.941. The Morgan fingerprint density at radius 3 is 2.67 bits per heavy atom. The van der Waals surface area contributed by atoms with Gasteiger partial charge in [-0.1, -0.05) is 0 Å². The van der Waals surface area contributed by atoms with Gasteiger partial charge in [-0.3, -0.25) is 19.2 Å². The fraction of sp³-hybridized carbons (Fsp3) is 0.692. The molecule has 3 atom stereocenters. The summed E-state index contributed by atoms with van der Waals surface area (Å²) in [6, 6.07) is -1.40. The quantitative estimate of drug-likeness (QED) is 0.623. The summed E-state index contributed by atoms with van der Waals surface area (Å²) in [6.45, 7) is 1.98. The Hall–Kier alpha value is -2.12. The first-order valence-electron chi connectivity index (χ1n) is 7.00. The third kappa shape index (κ3) is 3.32. The maximum absolute atomic E-state index is 12.3. The molecule has 0 radical (unpaired) electrons. The molecular weight excluding hydrogens is 278 g/mol. The van der Waals surface area contributed by atoms with Crippen molar-refractivity contribution in [2.24, 2.45) is 5.73 Å². The van der Waals surface area contributed by atoms with Gasteiger partial charge in [0.25, 0.3) is 5.91 Å². The fourth-order valence-electron chi connectivity index (χ4n) is 2.65. The van der Waals surface area contributed by atoms with Crippen LogP contribution in [0.4, 0.5) is 0 Å². The van der Waals surface area contributed by atoms with Gasteiger partial charge in [-0.05, 0) is 19.8 Å². The largest absolute Gasteiger partial charge is 0.452 e. The maximum atomic E-state index is 12.3. The van der Waals surface area contributed by atoms with E-state index in [-0.39, 0.29) is 12.3 Å². The van der Waals surface area contributed by atoms with Crippen LogP contribution in [0, 0.1) is 0 Å². The van der Waals surface area contributed by atoms with Crippen molar-refractivity contribution in [1.29, 1.82) is 0 Å². The van der Waals surface area contributed by atoms with E-state index in [1.807, 2.05) is 0 Å². The lowest BCUT2D eigenvalue weighted by Crippen LogP contribution is -2.53. The molecule has 3 amide bonds. The summed E-state index contributed by atoms with van der Waals surface area (Å²) >= 11 is 0. The van der Waals surface area contributed by atoms with Crippen LogP contribution in [0.25, 0.3) is 0 Å². The van der Waals surface area contributed by atoms with Gasteiger partial charge in [0.15, 0.2) is 6.10 Å². The lowest BCUT2D eigenvalue weighted by Gasteiger charge is -2.26. The van der Waals surface area contributed by atoms with Crippen LogP contribution in [-0.4, -0.2) is 53.3 Å². The number of carbonyl (C=O) groups excluding carboxylic acids is 4. The van der Waals surface area contributed by atoms with Crippen molar-refractivity contribution in [3.05, 3.63) is 0 Å². The molecular formula is C13H19N3O5. The van der Waals surface area contributed by atoms with Crippen molar-refractivity contribution in [2.45, 2.75) is 50.8 Å². The van der Waals surface area contributed by atoms with Crippen LogP contribution in [0.5, 0.6) is 0 Å². The molecule has 3 unspecified atom stereocenters. The van der Waals surface area contributed by atoms with Crippen molar-refractivity contribution in [1.82, 2.24) is 10.2 Å². The van der Waals surface area contributed by atoms with E-state index < -0.39 is 36.0 Å². The standard InChI is InChI=1S/C13H19N3O5/c1-7(15-12(19)9-4-5-10(17)21-9)13(20)16-6-2-3-8(16)11(14)18/h7-9H,2-6H2,1H3,(H2,14,18)(H,15,19).